The van der Waals surface area contributed by atoms with Crippen LogP contribution < -0.4 is 15.2 Å². The molecule has 0 aliphatic rings. The zero-order valence-electron chi connectivity index (χ0n) is 10.5. The zero-order chi connectivity index (χ0) is 12.1. The van der Waals surface area contributed by atoms with E-state index in [2.05, 4.69) is 13.0 Å². The molecule has 90 valence electrons. The molecule has 16 heavy (non-hydrogen) atoms. The maximum atomic E-state index is 5.83. The van der Waals surface area contributed by atoms with Crippen LogP contribution in [0.1, 0.15) is 25.0 Å². The SMILES string of the molecule is CCc1cc(CC(C)N)c(OC)c(OC)c1. The average molecular weight is 223 g/mol. The Morgan fingerprint density at radius 1 is 1.25 bits per heavy atom. The van der Waals surface area contributed by atoms with E-state index in [-0.39, 0.29) is 6.04 Å². The third-order valence-corrected chi connectivity index (χ3v) is 2.57. The van der Waals surface area contributed by atoms with E-state index < -0.39 is 0 Å². The summed E-state index contributed by atoms with van der Waals surface area (Å²) in [6.07, 6.45) is 1.78. The Morgan fingerprint density at radius 2 is 1.94 bits per heavy atom. The molecule has 0 fully saturated rings. The summed E-state index contributed by atoms with van der Waals surface area (Å²) in [7, 11) is 3.32. The van der Waals surface area contributed by atoms with Gasteiger partial charge in [-0.05, 0) is 37.0 Å². The molecule has 1 rings (SSSR count). The number of hydrogen-bond acceptors (Lipinski definition) is 3. The van der Waals surface area contributed by atoms with Gasteiger partial charge >= 0.3 is 0 Å². The highest BCUT2D eigenvalue weighted by atomic mass is 16.5. The first-order valence-corrected chi connectivity index (χ1v) is 5.61. The molecule has 0 radical (unpaired) electrons. The molecule has 0 saturated heterocycles. The second kappa shape index (κ2) is 5.75. The van der Waals surface area contributed by atoms with Crippen LogP contribution in [0.3, 0.4) is 0 Å². The van der Waals surface area contributed by atoms with Gasteiger partial charge in [-0.3, -0.25) is 0 Å². The van der Waals surface area contributed by atoms with Crippen molar-refractivity contribution >= 4 is 0 Å². The largest absolute Gasteiger partial charge is 0.493 e. The molecular weight excluding hydrogens is 202 g/mol. The fourth-order valence-corrected chi connectivity index (χ4v) is 1.81. The minimum Gasteiger partial charge on any atom is -0.493 e. The third kappa shape index (κ3) is 2.89. The molecule has 0 aliphatic heterocycles. The minimum absolute atomic E-state index is 0.116. The summed E-state index contributed by atoms with van der Waals surface area (Å²) in [5.74, 6) is 1.59. The van der Waals surface area contributed by atoms with Crippen LogP contribution in [0.2, 0.25) is 0 Å². The lowest BCUT2D eigenvalue weighted by molar-refractivity contribution is 0.350. The van der Waals surface area contributed by atoms with Gasteiger partial charge in [0.15, 0.2) is 11.5 Å². The highest BCUT2D eigenvalue weighted by Gasteiger charge is 2.12. The Hall–Kier alpha value is -1.22. The Bertz CT molecular complexity index is 348. The molecule has 2 N–H and O–H groups in total. The summed E-state index contributed by atoms with van der Waals surface area (Å²) in [4.78, 5) is 0. The van der Waals surface area contributed by atoms with Gasteiger partial charge in [0.25, 0.3) is 0 Å². The van der Waals surface area contributed by atoms with Crippen LogP contribution in [0.15, 0.2) is 12.1 Å². The summed E-state index contributed by atoms with van der Waals surface area (Å²) >= 11 is 0. The smallest absolute Gasteiger partial charge is 0.163 e. The van der Waals surface area contributed by atoms with Crippen molar-refractivity contribution in [1.82, 2.24) is 0 Å². The van der Waals surface area contributed by atoms with Gasteiger partial charge in [0, 0.05) is 6.04 Å². The number of benzene rings is 1. The van der Waals surface area contributed by atoms with Gasteiger partial charge in [0.05, 0.1) is 14.2 Å². The van der Waals surface area contributed by atoms with Crippen molar-refractivity contribution < 1.29 is 9.47 Å². The lowest BCUT2D eigenvalue weighted by Gasteiger charge is -2.16. The van der Waals surface area contributed by atoms with Crippen LogP contribution in [0.4, 0.5) is 0 Å². The first-order valence-electron chi connectivity index (χ1n) is 5.61. The molecule has 1 atom stereocenters. The number of rotatable bonds is 5. The van der Waals surface area contributed by atoms with E-state index in [0.717, 1.165) is 29.9 Å². The van der Waals surface area contributed by atoms with Gasteiger partial charge in [-0.15, -0.1) is 0 Å². The first kappa shape index (κ1) is 12.8. The molecule has 0 saturated carbocycles. The van der Waals surface area contributed by atoms with Crippen LogP contribution in [-0.2, 0) is 12.8 Å². The normalized spacial score (nSPS) is 12.3. The van der Waals surface area contributed by atoms with E-state index in [1.165, 1.54) is 5.56 Å². The maximum Gasteiger partial charge on any atom is 0.163 e. The van der Waals surface area contributed by atoms with Crippen molar-refractivity contribution in [3.05, 3.63) is 23.3 Å². The van der Waals surface area contributed by atoms with Gasteiger partial charge < -0.3 is 15.2 Å². The molecule has 1 unspecified atom stereocenters. The minimum atomic E-state index is 0.116. The molecule has 3 nitrogen and oxygen atoms in total. The molecular formula is C13H21NO2. The monoisotopic (exact) mass is 223 g/mol. The third-order valence-electron chi connectivity index (χ3n) is 2.57. The lowest BCUT2D eigenvalue weighted by Crippen LogP contribution is -2.18. The van der Waals surface area contributed by atoms with Crippen molar-refractivity contribution in [1.29, 1.82) is 0 Å². The molecule has 0 spiro atoms. The second-order valence-corrected chi connectivity index (χ2v) is 4.03. The Morgan fingerprint density at radius 3 is 2.38 bits per heavy atom. The quantitative estimate of drug-likeness (QED) is 0.832. The van der Waals surface area contributed by atoms with Gasteiger partial charge in [-0.1, -0.05) is 13.0 Å². The summed E-state index contributed by atoms with van der Waals surface area (Å²) < 4.78 is 10.7. The first-order chi connectivity index (χ1) is 7.62. The molecule has 0 amide bonds. The van der Waals surface area contributed by atoms with Crippen LogP contribution in [-0.4, -0.2) is 20.3 Å². The molecule has 1 aromatic carbocycles. The van der Waals surface area contributed by atoms with E-state index in [1.54, 1.807) is 14.2 Å². The van der Waals surface area contributed by atoms with Crippen molar-refractivity contribution in [3.8, 4) is 11.5 Å². The number of methoxy groups -OCH3 is 2. The van der Waals surface area contributed by atoms with Crippen LogP contribution >= 0.6 is 0 Å². The highest BCUT2D eigenvalue weighted by Crippen LogP contribution is 2.33. The Kier molecular flexibility index (Phi) is 4.62. The summed E-state index contributed by atoms with van der Waals surface area (Å²) in [6.45, 7) is 4.11. The van der Waals surface area contributed by atoms with Gasteiger partial charge in [0.2, 0.25) is 0 Å². The van der Waals surface area contributed by atoms with E-state index in [1.807, 2.05) is 13.0 Å². The van der Waals surface area contributed by atoms with Crippen molar-refractivity contribution in [3.63, 3.8) is 0 Å². The van der Waals surface area contributed by atoms with Gasteiger partial charge in [-0.25, -0.2) is 0 Å². The lowest BCUT2D eigenvalue weighted by atomic mass is 10.0. The number of nitrogens with two attached hydrogens (primary N) is 1. The summed E-state index contributed by atoms with van der Waals surface area (Å²) in [5, 5.41) is 0. The Labute approximate surface area is 97.6 Å². The fraction of sp³-hybridized carbons (Fsp3) is 0.538. The number of hydrogen-bond donors (Lipinski definition) is 1. The van der Waals surface area contributed by atoms with Crippen LogP contribution in [0.5, 0.6) is 11.5 Å². The molecule has 0 heterocycles. The predicted octanol–water partition coefficient (Wildman–Crippen LogP) is 2.16. The molecule has 0 aliphatic carbocycles. The molecule has 0 aromatic heterocycles. The number of ether oxygens (including phenoxy) is 2. The van der Waals surface area contributed by atoms with E-state index >= 15 is 0 Å². The van der Waals surface area contributed by atoms with E-state index in [0.29, 0.717) is 0 Å². The van der Waals surface area contributed by atoms with Crippen molar-refractivity contribution in [2.24, 2.45) is 5.73 Å². The average Bonchev–Trinajstić information content (AvgIpc) is 2.27. The maximum absolute atomic E-state index is 5.83. The van der Waals surface area contributed by atoms with Crippen molar-refractivity contribution in [2.45, 2.75) is 32.7 Å². The molecule has 1 aromatic rings. The van der Waals surface area contributed by atoms with Crippen LogP contribution in [0.25, 0.3) is 0 Å². The fourth-order valence-electron chi connectivity index (χ4n) is 1.81. The predicted molar refractivity (Wildman–Crippen MR) is 66.3 cm³/mol. The van der Waals surface area contributed by atoms with Gasteiger partial charge in [0.1, 0.15) is 0 Å². The summed E-state index contributed by atoms with van der Waals surface area (Å²) in [6, 6.07) is 4.28. The zero-order valence-corrected chi connectivity index (χ0v) is 10.5. The van der Waals surface area contributed by atoms with Crippen molar-refractivity contribution in [2.75, 3.05) is 14.2 Å². The van der Waals surface area contributed by atoms with E-state index in [4.69, 9.17) is 15.2 Å². The summed E-state index contributed by atoms with van der Waals surface area (Å²) in [5.41, 5.74) is 8.20. The molecule has 3 heteroatoms. The van der Waals surface area contributed by atoms with E-state index in [9.17, 15) is 0 Å². The topological polar surface area (TPSA) is 44.5 Å². The highest BCUT2D eigenvalue weighted by molar-refractivity contribution is 5.49. The van der Waals surface area contributed by atoms with Crippen LogP contribution in [0, 0.1) is 0 Å². The standard InChI is InChI=1S/C13H21NO2/c1-5-10-7-11(6-9(2)14)13(16-4)12(8-10)15-3/h7-9H,5-6,14H2,1-4H3. The van der Waals surface area contributed by atoms with Gasteiger partial charge in [-0.2, -0.15) is 0 Å². The number of aryl methyl sites for hydroxylation is 1. The second-order valence-electron chi connectivity index (χ2n) is 4.03. The molecule has 0 bridgehead atoms. The Balaban J connectivity index is 3.19.